The van der Waals surface area contributed by atoms with Gasteiger partial charge in [-0.3, -0.25) is 9.69 Å². The molecule has 0 aliphatic carbocycles. The maximum Gasteiger partial charge on any atom is 0.240 e. The van der Waals surface area contributed by atoms with Gasteiger partial charge in [0.25, 0.3) is 0 Å². The van der Waals surface area contributed by atoms with E-state index in [1.807, 2.05) is 13.0 Å². The van der Waals surface area contributed by atoms with E-state index in [4.69, 9.17) is 0 Å². The van der Waals surface area contributed by atoms with Gasteiger partial charge in [-0.1, -0.05) is 30.3 Å². The van der Waals surface area contributed by atoms with Crippen molar-refractivity contribution in [2.24, 2.45) is 0 Å². The van der Waals surface area contributed by atoms with Gasteiger partial charge in [0.2, 0.25) is 5.91 Å². The Kier molecular flexibility index (Phi) is 4.02. The number of amides is 1. The van der Waals surface area contributed by atoms with Gasteiger partial charge in [0.15, 0.2) is 0 Å². The highest BCUT2D eigenvalue weighted by atomic mass is 16.2. The summed E-state index contributed by atoms with van der Waals surface area (Å²) in [5.74, 6) is 0.165. The fourth-order valence-electron chi connectivity index (χ4n) is 2.68. The Morgan fingerprint density at radius 1 is 1.39 bits per heavy atom. The summed E-state index contributed by atoms with van der Waals surface area (Å²) in [6, 6.07) is 10.4. The van der Waals surface area contributed by atoms with Gasteiger partial charge in [-0.15, -0.1) is 0 Å². The Morgan fingerprint density at radius 3 is 2.78 bits per heavy atom. The van der Waals surface area contributed by atoms with Crippen LogP contribution >= 0.6 is 0 Å². The fourth-order valence-corrected chi connectivity index (χ4v) is 2.68. The third-order valence-electron chi connectivity index (χ3n) is 3.83. The van der Waals surface area contributed by atoms with Crippen LogP contribution in [0.25, 0.3) is 0 Å². The maximum atomic E-state index is 12.2. The van der Waals surface area contributed by atoms with Gasteiger partial charge >= 0.3 is 0 Å². The summed E-state index contributed by atoms with van der Waals surface area (Å²) in [5.41, 5.74) is 0.932. The van der Waals surface area contributed by atoms with Crippen molar-refractivity contribution in [3.05, 3.63) is 35.9 Å². The molecule has 0 aromatic heterocycles. The van der Waals surface area contributed by atoms with Crippen LogP contribution in [0.2, 0.25) is 0 Å². The van der Waals surface area contributed by atoms with Crippen LogP contribution in [0.3, 0.4) is 0 Å². The number of likely N-dealkylation sites (tertiary alicyclic amines) is 1. The van der Waals surface area contributed by atoms with Gasteiger partial charge < -0.3 is 5.32 Å². The van der Waals surface area contributed by atoms with Gasteiger partial charge in [-0.2, -0.15) is 0 Å². The highest BCUT2D eigenvalue weighted by Gasteiger charge is 2.42. The van der Waals surface area contributed by atoms with Crippen LogP contribution < -0.4 is 5.32 Å². The molecule has 18 heavy (non-hydrogen) atoms. The molecule has 1 aromatic rings. The van der Waals surface area contributed by atoms with Gasteiger partial charge in [0.1, 0.15) is 0 Å². The highest BCUT2D eigenvalue weighted by Crippen LogP contribution is 2.30. The quantitative estimate of drug-likeness (QED) is 0.883. The molecule has 1 fully saturated rings. The summed E-state index contributed by atoms with van der Waals surface area (Å²) < 4.78 is 0. The highest BCUT2D eigenvalue weighted by molar-refractivity contribution is 5.86. The Morgan fingerprint density at radius 2 is 2.11 bits per heavy atom. The lowest BCUT2D eigenvalue weighted by Gasteiger charge is -2.33. The first-order valence-electron chi connectivity index (χ1n) is 6.74. The molecular weight excluding hydrogens is 224 g/mol. The summed E-state index contributed by atoms with van der Waals surface area (Å²) in [7, 11) is 0. The predicted molar refractivity (Wildman–Crippen MR) is 73.2 cm³/mol. The summed E-state index contributed by atoms with van der Waals surface area (Å²) >= 11 is 0. The predicted octanol–water partition coefficient (Wildman–Crippen LogP) is 2.18. The summed E-state index contributed by atoms with van der Waals surface area (Å²) in [5, 5.41) is 2.96. The molecule has 1 atom stereocenters. The molecule has 0 saturated carbocycles. The van der Waals surface area contributed by atoms with E-state index < -0.39 is 0 Å². The standard InChI is InChI=1S/C15H22N2O/c1-3-16-14(18)15(2)10-7-11-17(15)12-13-8-5-4-6-9-13/h4-6,8-9H,3,7,10-12H2,1-2H3,(H,16,18). The molecule has 1 aromatic carbocycles. The minimum absolute atomic E-state index is 0.165. The van der Waals surface area contributed by atoms with Crippen molar-refractivity contribution >= 4 is 5.91 Å². The van der Waals surface area contributed by atoms with Crippen LogP contribution in [0.4, 0.5) is 0 Å². The van der Waals surface area contributed by atoms with Crippen molar-refractivity contribution in [2.45, 2.75) is 38.8 Å². The van der Waals surface area contributed by atoms with E-state index in [9.17, 15) is 4.79 Å². The number of nitrogens with zero attached hydrogens (tertiary/aromatic N) is 1. The Balaban J connectivity index is 2.10. The van der Waals surface area contributed by atoms with Crippen molar-refractivity contribution in [1.29, 1.82) is 0 Å². The monoisotopic (exact) mass is 246 g/mol. The number of likely N-dealkylation sites (N-methyl/N-ethyl adjacent to an activating group) is 1. The Bertz CT molecular complexity index is 404. The molecule has 3 nitrogen and oxygen atoms in total. The normalized spacial score (nSPS) is 24.1. The summed E-state index contributed by atoms with van der Waals surface area (Å²) in [6.07, 6.45) is 2.05. The molecule has 0 spiro atoms. The van der Waals surface area contributed by atoms with Crippen molar-refractivity contribution < 1.29 is 4.79 Å². The summed E-state index contributed by atoms with van der Waals surface area (Å²) in [4.78, 5) is 14.5. The molecule has 0 bridgehead atoms. The minimum Gasteiger partial charge on any atom is -0.355 e. The van der Waals surface area contributed by atoms with E-state index >= 15 is 0 Å². The van der Waals surface area contributed by atoms with Crippen LogP contribution in [0.15, 0.2) is 30.3 Å². The Labute approximate surface area is 109 Å². The van der Waals surface area contributed by atoms with E-state index in [1.54, 1.807) is 0 Å². The van der Waals surface area contributed by atoms with Crippen LogP contribution in [-0.2, 0) is 11.3 Å². The van der Waals surface area contributed by atoms with Crippen molar-refractivity contribution in [2.75, 3.05) is 13.1 Å². The fraction of sp³-hybridized carbons (Fsp3) is 0.533. The lowest BCUT2D eigenvalue weighted by Crippen LogP contribution is -2.52. The molecule has 1 unspecified atom stereocenters. The molecule has 1 heterocycles. The molecular formula is C15H22N2O. The molecule has 1 aliphatic heterocycles. The zero-order valence-corrected chi connectivity index (χ0v) is 11.3. The van der Waals surface area contributed by atoms with Crippen LogP contribution in [0, 0.1) is 0 Å². The van der Waals surface area contributed by atoms with E-state index in [2.05, 4.69) is 41.4 Å². The number of nitrogens with one attached hydrogen (secondary N) is 1. The molecule has 3 heteroatoms. The summed E-state index contributed by atoms with van der Waals surface area (Å²) in [6.45, 7) is 6.59. The molecule has 2 rings (SSSR count). The first-order valence-corrected chi connectivity index (χ1v) is 6.74. The van der Waals surface area contributed by atoms with Gasteiger partial charge in [-0.05, 0) is 38.8 Å². The van der Waals surface area contributed by atoms with Gasteiger partial charge in [0, 0.05) is 13.1 Å². The van der Waals surface area contributed by atoms with Crippen molar-refractivity contribution in [3.8, 4) is 0 Å². The second-order valence-corrected chi connectivity index (χ2v) is 5.14. The number of hydrogen-bond donors (Lipinski definition) is 1. The Hall–Kier alpha value is -1.35. The molecule has 0 radical (unpaired) electrons. The SMILES string of the molecule is CCNC(=O)C1(C)CCCN1Cc1ccccc1. The third kappa shape index (κ3) is 2.56. The van der Waals surface area contributed by atoms with Crippen LogP contribution in [0.5, 0.6) is 0 Å². The average molecular weight is 246 g/mol. The van der Waals surface area contributed by atoms with E-state index in [0.29, 0.717) is 6.54 Å². The van der Waals surface area contributed by atoms with Crippen molar-refractivity contribution in [1.82, 2.24) is 10.2 Å². The van der Waals surface area contributed by atoms with E-state index in [-0.39, 0.29) is 11.4 Å². The lowest BCUT2D eigenvalue weighted by atomic mass is 9.97. The van der Waals surface area contributed by atoms with E-state index in [0.717, 1.165) is 25.9 Å². The third-order valence-corrected chi connectivity index (χ3v) is 3.83. The van der Waals surface area contributed by atoms with Crippen LogP contribution in [0.1, 0.15) is 32.3 Å². The second-order valence-electron chi connectivity index (χ2n) is 5.14. The number of carbonyl (C=O) groups is 1. The first kappa shape index (κ1) is 13.1. The molecule has 1 N–H and O–H groups in total. The van der Waals surface area contributed by atoms with Crippen molar-refractivity contribution in [3.63, 3.8) is 0 Å². The number of carbonyl (C=O) groups excluding carboxylic acids is 1. The largest absolute Gasteiger partial charge is 0.355 e. The lowest BCUT2D eigenvalue weighted by molar-refractivity contribution is -0.131. The molecule has 1 amide bonds. The number of hydrogen-bond acceptors (Lipinski definition) is 2. The zero-order valence-electron chi connectivity index (χ0n) is 11.3. The smallest absolute Gasteiger partial charge is 0.240 e. The second kappa shape index (κ2) is 5.53. The topological polar surface area (TPSA) is 32.3 Å². The van der Waals surface area contributed by atoms with Crippen LogP contribution in [-0.4, -0.2) is 29.4 Å². The van der Waals surface area contributed by atoms with E-state index in [1.165, 1.54) is 5.56 Å². The molecule has 98 valence electrons. The first-order chi connectivity index (χ1) is 8.66. The maximum absolute atomic E-state index is 12.2. The molecule has 1 saturated heterocycles. The number of rotatable bonds is 4. The number of benzene rings is 1. The average Bonchev–Trinajstić information content (AvgIpc) is 2.74. The molecule has 1 aliphatic rings. The van der Waals surface area contributed by atoms with Gasteiger partial charge in [0.05, 0.1) is 5.54 Å². The zero-order chi connectivity index (χ0) is 13.0. The van der Waals surface area contributed by atoms with Gasteiger partial charge in [-0.25, -0.2) is 0 Å². The minimum atomic E-state index is -0.341.